The zero-order chi connectivity index (χ0) is 26.4. The van der Waals surface area contributed by atoms with Crippen LogP contribution in [0.5, 0.6) is 0 Å². The number of likely N-dealkylation sites (N-methyl/N-ethyl adjacent to an activating group) is 1. The van der Waals surface area contributed by atoms with Gasteiger partial charge < -0.3 is 30.9 Å². The molecule has 1 aliphatic carbocycles. The average Bonchev–Trinajstić information content (AvgIpc) is 3.55. The smallest absolute Gasteiger partial charge is 0.270 e. The number of nitrogens with one attached hydrogen (secondary N) is 1. The van der Waals surface area contributed by atoms with Gasteiger partial charge in [0.1, 0.15) is 23.2 Å². The maximum atomic E-state index is 13.0. The van der Waals surface area contributed by atoms with Gasteiger partial charge in [0.25, 0.3) is 5.91 Å². The zero-order valence-corrected chi connectivity index (χ0v) is 22.1. The van der Waals surface area contributed by atoms with Crippen LogP contribution in [0.1, 0.15) is 32.1 Å². The van der Waals surface area contributed by atoms with Crippen LogP contribution in [0.3, 0.4) is 0 Å². The van der Waals surface area contributed by atoms with E-state index in [1.807, 2.05) is 23.2 Å². The molecule has 1 aromatic heterocycles. The van der Waals surface area contributed by atoms with Crippen LogP contribution in [-0.4, -0.2) is 96.0 Å². The number of carbonyl (C=O) groups is 1. The molecule has 0 unspecified atom stereocenters. The lowest BCUT2D eigenvalue weighted by Gasteiger charge is -2.35. The highest BCUT2D eigenvalue weighted by atomic mass is 16.3. The van der Waals surface area contributed by atoms with E-state index < -0.39 is 0 Å². The second kappa shape index (κ2) is 12.2. The van der Waals surface area contributed by atoms with Crippen LogP contribution in [0.25, 0.3) is 0 Å². The topological polar surface area (TPSA) is 114 Å². The zero-order valence-electron chi connectivity index (χ0n) is 22.1. The summed E-state index contributed by atoms with van der Waals surface area (Å²) < 4.78 is 0. The molecule has 4 rings (SSSR count). The van der Waals surface area contributed by atoms with Crippen LogP contribution < -0.4 is 16.0 Å². The Bertz CT molecular complexity index is 1050. The SMILES string of the molecule is C=C(/N=C1\C(=C/N)C=C(C(=O)N(C)C)N1C1CCCC1)Nc1ccc(N2CCN(CCCO)CC2)cn1. The second-order valence-electron chi connectivity index (χ2n) is 9.97. The Hall–Kier alpha value is -3.37. The first-order chi connectivity index (χ1) is 17.9. The quantitative estimate of drug-likeness (QED) is 0.464. The number of aromatic nitrogens is 1. The molecule has 1 aromatic rings. The Morgan fingerprint density at radius 1 is 1.27 bits per heavy atom. The van der Waals surface area contributed by atoms with Crippen molar-refractivity contribution in [2.75, 3.05) is 63.6 Å². The van der Waals surface area contributed by atoms with Gasteiger partial charge in [-0.25, -0.2) is 9.98 Å². The number of hydrogen-bond donors (Lipinski definition) is 3. The van der Waals surface area contributed by atoms with Crippen LogP contribution in [0.2, 0.25) is 0 Å². The largest absolute Gasteiger partial charge is 0.404 e. The number of nitrogens with two attached hydrogens (primary N) is 1. The molecule has 0 bridgehead atoms. The summed E-state index contributed by atoms with van der Waals surface area (Å²) >= 11 is 0. The van der Waals surface area contributed by atoms with E-state index in [-0.39, 0.29) is 18.6 Å². The van der Waals surface area contributed by atoms with Crippen LogP contribution in [0.15, 0.2) is 59.3 Å². The lowest BCUT2D eigenvalue weighted by Crippen LogP contribution is -2.46. The maximum absolute atomic E-state index is 13.0. The lowest BCUT2D eigenvalue weighted by molar-refractivity contribution is -0.126. The van der Waals surface area contributed by atoms with Gasteiger partial charge in [-0.1, -0.05) is 19.4 Å². The molecule has 0 radical (unpaired) electrons. The number of amidine groups is 1. The summed E-state index contributed by atoms with van der Waals surface area (Å²) in [7, 11) is 3.51. The number of piperazine rings is 1. The summed E-state index contributed by atoms with van der Waals surface area (Å²) in [6, 6.07) is 4.20. The summed E-state index contributed by atoms with van der Waals surface area (Å²) in [6.45, 7) is 9.12. The number of aliphatic hydroxyl groups is 1. The number of nitrogens with zero attached hydrogens (tertiary/aromatic N) is 6. The molecule has 3 aliphatic rings. The van der Waals surface area contributed by atoms with Crippen molar-refractivity contribution >= 4 is 23.2 Å². The molecule has 4 N–H and O–H groups in total. The van der Waals surface area contributed by atoms with E-state index in [1.165, 1.54) is 6.20 Å². The molecule has 0 aromatic carbocycles. The third-order valence-electron chi connectivity index (χ3n) is 7.16. The van der Waals surface area contributed by atoms with Gasteiger partial charge in [0.05, 0.1) is 11.9 Å². The molecular weight excluding hydrogens is 468 g/mol. The molecule has 37 heavy (non-hydrogen) atoms. The number of aliphatic imine (C=N–C) groups is 1. The lowest BCUT2D eigenvalue weighted by atomic mass is 10.2. The number of amides is 1. The Labute approximate surface area is 219 Å². The molecular formula is C27H40N8O2. The van der Waals surface area contributed by atoms with Gasteiger partial charge in [0.2, 0.25) is 0 Å². The number of carbonyl (C=O) groups excluding carboxylic acids is 1. The van der Waals surface area contributed by atoms with Gasteiger partial charge in [-0.2, -0.15) is 0 Å². The highest BCUT2D eigenvalue weighted by Crippen LogP contribution is 2.34. The number of pyridine rings is 1. The summed E-state index contributed by atoms with van der Waals surface area (Å²) in [5.41, 5.74) is 8.34. The highest BCUT2D eigenvalue weighted by Gasteiger charge is 2.37. The monoisotopic (exact) mass is 508 g/mol. The molecule has 1 amide bonds. The van der Waals surface area contributed by atoms with Crippen molar-refractivity contribution in [3.8, 4) is 0 Å². The van der Waals surface area contributed by atoms with Gasteiger partial charge in [0.15, 0.2) is 0 Å². The molecule has 2 fully saturated rings. The number of rotatable bonds is 9. The maximum Gasteiger partial charge on any atom is 0.270 e. The minimum absolute atomic E-state index is 0.0680. The van der Waals surface area contributed by atoms with E-state index in [0.717, 1.165) is 70.5 Å². The van der Waals surface area contributed by atoms with Gasteiger partial charge in [-0.3, -0.25) is 9.69 Å². The van der Waals surface area contributed by atoms with Gasteiger partial charge >= 0.3 is 0 Å². The third kappa shape index (κ3) is 6.31. The van der Waals surface area contributed by atoms with Crippen LogP contribution in [0, 0.1) is 0 Å². The first-order valence-electron chi connectivity index (χ1n) is 13.1. The molecule has 10 heteroatoms. The minimum Gasteiger partial charge on any atom is -0.404 e. The summed E-state index contributed by atoms with van der Waals surface area (Å²) in [6.07, 6.45) is 10.3. The van der Waals surface area contributed by atoms with Crippen molar-refractivity contribution in [1.29, 1.82) is 0 Å². The highest BCUT2D eigenvalue weighted by molar-refractivity contribution is 6.12. The first-order valence-corrected chi connectivity index (χ1v) is 13.1. The number of anilines is 2. The van der Waals surface area contributed by atoms with Crippen molar-refractivity contribution in [1.82, 2.24) is 19.7 Å². The molecule has 2 aliphatic heterocycles. The predicted molar refractivity (Wildman–Crippen MR) is 148 cm³/mol. The Morgan fingerprint density at radius 2 is 2.00 bits per heavy atom. The van der Waals surface area contributed by atoms with E-state index in [0.29, 0.717) is 28.7 Å². The first kappa shape index (κ1) is 26.7. The molecule has 3 heterocycles. The molecule has 0 spiro atoms. The van der Waals surface area contributed by atoms with E-state index in [9.17, 15) is 4.79 Å². The molecule has 1 saturated heterocycles. The fourth-order valence-electron chi connectivity index (χ4n) is 5.18. The van der Waals surface area contributed by atoms with Crippen molar-refractivity contribution in [3.63, 3.8) is 0 Å². The Kier molecular flexibility index (Phi) is 8.83. The van der Waals surface area contributed by atoms with E-state index in [1.54, 1.807) is 19.0 Å². The van der Waals surface area contributed by atoms with Crippen LogP contribution in [-0.2, 0) is 4.79 Å². The van der Waals surface area contributed by atoms with Crippen molar-refractivity contribution in [3.05, 3.63) is 54.3 Å². The normalized spacial score (nSPS) is 21.1. The summed E-state index contributed by atoms with van der Waals surface area (Å²) in [5.74, 6) is 1.66. The van der Waals surface area contributed by atoms with Gasteiger partial charge in [-0.05, 0) is 37.5 Å². The second-order valence-corrected chi connectivity index (χ2v) is 9.97. The number of aliphatic hydroxyl groups excluding tert-OH is 1. The fraction of sp³-hybridized carbons (Fsp3) is 0.519. The fourth-order valence-corrected chi connectivity index (χ4v) is 5.18. The Morgan fingerprint density at radius 3 is 2.59 bits per heavy atom. The standard InChI is InChI=1S/C27H40N8O2/c1-20(30-25-10-9-23(19-29-25)34-14-12-33(13-15-34)11-6-16-36)31-26-21(18-28)17-24(27(37)32(2)3)35(26)22-7-4-5-8-22/h9-10,17-19,22,36H,1,4-8,11-16,28H2,2-3H3,(H,29,30)/b21-18-,31-26+. The average molecular weight is 509 g/mol. The Balaban J connectivity index is 1.43. The van der Waals surface area contributed by atoms with E-state index >= 15 is 0 Å². The summed E-state index contributed by atoms with van der Waals surface area (Å²) in [4.78, 5) is 30.6. The molecule has 1 saturated carbocycles. The molecule has 0 atom stereocenters. The van der Waals surface area contributed by atoms with Crippen LogP contribution >= 0.6 is 0 Å². The predicted octanol–water partition coefficient (Wildman–Crippen LogP) is 1.94. The van der Waals surface area contributed by atoms with Crippen molar-refractivity contribution in [2.45, 2.75) is 38.1 Å². The van der Waals surface area contributed by atoms with Crippen molar-refractivity contribution in [2.24, 2.45) is 10.7 Å². The summed E-state index contributed by atoms with van der Waals surface area (Å²) in [5, 5.41) is 12.2. The molecule has 10 nitrogen and oxygen atoms in total. The number of hydrogen-bond acceptors (Lipinski definition) is 8. The third-order valence-corrected chi connectivity index (χ3v) is 7.16. The molecule has 200 valence electrons. The van der Waals surface area contributed by atoms with E-state index in [4.69, 9.17) is 15.8 Å². The van der Waals surface area contributed by atoms with Gasteiger partial charge in [-0.15, -0.1) is 0 Å². The minimum atomic E-state index is -0.0680. The van der Waals surface area contributed by atoms with Crippen molar-refractivity contribution < 1.29 is 9.90 Å². The van der Waals surface area contributed by atoms with Gasteiger partial charge in [0, 0.05) is 71.2 Å². The van der Waals surface area contributed by atoms with E-state index in [2.05, 4.69) is 32.7 Å². The van der Waals surface area contributed by atoms with Crippen LogP contribution in [0.4, 0.5) is 11.5 Å².